The summed E-state index contributed by atoms with van der Waals surface area (Å²) in [6.45, 7) is 10.6. The van der Waals surface area contributed by atoms with Crippen molar-refractivity contribution in [2.45, 2.75) is 130 Å². The van der Waals surface area contributed by atoms with Crippen molar-refractivity contribution in [1.82, 2.24) is 52.2 Å². The number of carboxylic acids is 2. The number of esters is 1. The number of nitrogens with one attached hydrogen (secondary N) is 10. The summed E-state index contributed by atoms with van der Waals surface area (Å²) in [7, 11) is -7.97. The van der Waals surface area contributed by atoms with Crippen LogP contribution in [-0.2, 0) is 90.6 Å². The molecule has 3 fully saturated rings. The molecule has 0 saturated carbocycles. The number of ketones is 1. The monoisotopic (exact) mass is 2470 g/mol. The van der Waals surface area contributed by atoms with E-state index in [1.807, 2.05) is 78.9 Å². The number of fused-ring (bicyclic) bond motifs is 11. The molecule has 7 aliphatic heterocycles. The Hall–Kier alpha value is -7.53. The first-order valence-electron chi connectivity index (χ1n) is 43.8. The Labute approximate surface area is 965 Å². The number of rotatable bonds is 11. The minimum absolute atomic E-state index is 0. The number of halogens is 7. The predicted octanol–water partition coefficient (Wildman–Crippen LogP) is 7.80. The number of carbonyl (C=O) groups is 12. The first kappa shape index (κ1) is 124. The number of benzene rings is 8. The van der Waals surface area contributed by atoms with E-state index in [1.165, 1.54) is 50.4 Å². The van der Waals surface area contributed by atoms with E-state index in [1.54, 1.807) is 19.1 Å². The van der Waals surface area contributed by atoms with E-state index in [9.17, 15) is 74.7 Å². The van der Waals surface area contributed by atoms with Crippen LogP contribution in [0.25, 0.3) is 38.3 Å². The third kappa shape index (κ3) is 35.3. The Morgan fingerprint density at radius 2 is 0.993 bits per heavy atom. The van der Waals surface area contributed by atoms with Gasteiger partial charge in [-0.05, 0) is 208 Å². The molecule has 10 heterocycles. The van der Waals surface area contributed by atoms with Gasteiger partial charge in [-0.1, -0.05) is 148 Å². The Morgan fingerprint density at radius 3 is 1.50 bits per heavy atom. The summed E-state index contributed by atoms with van der Waals surface area (Å²) >= 11 is 28.3. The largest absolute Gasteiger partial charge is 1.00 e. The number of aliphatic carboxylic acids is 2. The molecule has 750 valence electrons. The summed E-state index contributed by atoms with van der Waals surface area (Å²) in [5.74, 6) is -4.97. The zero-order valence-electron chi connectivity index (χ0n) is 78.6. The predicted molar refractivity (Wildman–Crippen MR) is 557 cm³/mol. The van der Waals surface area contributed by atoms with Crippen molar-refractivity contribution in [3.63, 3.8) is 0 Å². The Balaban J connectivity index is 0.000000248. The van der Waals surface area contributed by atoms with Crippen LogP contribution in [-0.4, -0.2) is 189 Å². The Bertz CT molecular complexity index is 6900. The van der Waals surface area contributed by atoms with E-state index in [2.05, 4.69) is 173 Å². The molecule has 3 aromatic heterocycles. The summed E-state index contributed by atoms with van der Waals surface area (Å²) in [6, 6.07) is 47.8. The molecule has 33 nitrogen and oxygen atoms in total. The van der Waals surface area contributed by atoms with Crippen LogP contribution in [0.4, 0.5) is 0 Å². The molecule has 7 amide bonds. The molecular formula is C98H106Br4Cl3K2N13O20S2Sn. The van der Waals surface area contributed by atoms with Gasteiger partial charge in [-0.25, -0.2) is 27.1 Å². The second kappa shape index (κ2) is 57.9. The van der Waals surface area contributed by atoms with Crippen LogP contribution < -0.4 is 159 Å². The standard InChI is InChI=1S/C19H15ClN2O4S.C12H13BrN2O.2C11H9BrN2O.C11H9N2O.C8H13NO3.C7H7Br.C7H5Cl2NO3S.C6H9NO3.C2H4O2.CH4.3CH3.2K.H2O.Sn/c20-16-4-2-11(9-17(16)27(21,25)26)18(23)10-1-3-13-12(7-10)8-15-14(13)5-6-22-19(15)24;13-10-4-1-3-9(7-10)8-15-11-5-2-6-14-12(11)16;12-6-1-2-7-8-3-4-13-11(15)10(8)14-9(7)5-6;12-7-2-1-3-8-9(7)6-4-5-13-11(15)10(6)14-8;14-11-10-8(5-6-12-11)7-3-1-2-4-9(7)13-10;1-2-12-8(11)6-4-3-5-9-7(6)10;1-6-3-2-4-7(8)5-6;8-5-2-1-4(7(9)11)3-6(5)14(10,12)13;8-5-4(6(9)10)2-1-3-7-5;1-2(3)4;;;;;;;;/h1-4,7,9H,5-6,8H2,(H,22,24)(H2,21,25,26);1,3-4,7H,2,5-6,8H2,(H,14,16);1-2,5,14H,3-4H2,(H,13,15);1-3,14H,4-5H2,(H,13,15);1,3-4,13H,5-6H2,(H,12,14);6H,2-5H2,1H3,(H,9,10);2-5H,1H3;1-3H,(H2,10,12,13);4H,1-3H2,(H,7,8)(H,9,10);1H3,(H,3,4);1H4;3*1H3;;;1H2;/q;;;;;;;;;;;;;;2*+1;;/p-2. The summed E-state index contributed by atoms with van der Waals surface area (Å²) in [6.07, 6.45) is 8.38. The number of aryl methyl sites for hydroxylation is 1. The third-order valence-corrected chi connectivity index (χ3v) is 33.4. The van der Waals surface area contributed by atoms with E-state index in [-0.39, 0.29) is 188 Å². The van der Waals surface area contributed by atoms with Crippen LogP contribution in [0.1, 0.15) is 163 Å². The van der Waals surface area contributed by atoms with Gasteiger partial charge in [0.2, 0.25) is 37.8 Å². The molecule has 45 heteroatoms. The molecule has 8 aromatic carbocycles. The van der Waals surface area contributed by atoms with Gasteiger partial charge in [0.15, 0.2) is 5.78 Å². The zero-order chi connectivity index (χ0) is 101. The number of nitrogens with zero attached hydrogens (tertiary/aromatic N) is 1. The van der Waals surface area contributed by atoms with E-state index in [4.69, 9.17) is 59.7 Å². The number of primary sulfonamides is 2. The number of aromatic amines is 3. The number of hydrogen-bond donors (Lipinski definition) is 13. The van der Waals surface area contributed by atoms with Gasteiger partial charge in [-0.3, -0.25) is 52.9 Å². The topological polar surface area (TPSA) is 552 Å². The van der Waals surface area contributed by atoms with Crippen LogP contribution in [0.2, 0.25) is 24.9 Å². The molecule has 143 heavy (non-hydrogen) atoms. The molecular weight excluding hydrogens is 2370 g/mol. The molecule has 19 rings (SSSR count). The number of H-pyrrole nitrogens is 3. The van der Waals surface area contributed by atoms with Crippen molar-refractivity contribution in [3.05, 3.63) is 264 Å². The summed E-state index contributed by atoms with van der Waals surface area (Å²) in [5.41, 5.74) is 16.2. The van der Waals surface area contributed by atoms with Crippen molar-refractivity contribution >= 4 is 255 Å². The third-order valence-electron chi connectivity index (χ3n) is 22.4. The van der Waals surface area contributed by atoms with Gasteiger partial charge in [0.25, 0.3) is 28.9 Å². The molecule has 0 spiro atoms. The molecule has 11 aromatic rings. The van der Waals surface area contributed by atoms with Gasteiger partial charge in [-0.15, -0.1) is 0 Å². The second-order valence-electron chi connectivity index (χ2n) is 33.4. The van der Waals surface area contributed by atoms with E-state index >= 15 is 0 Å². The molecule has 8 aliphatic rings. The van der Waals surface area contributed by atoms with Gasteiger partial charge in [0.1, 0.15) is 27.1 Å². The number of hydrogen-bond acceptors (Lipinski definition) is 20. The fraction of sp³-hybridized carbons (Fsp3) is 0.296. The van der Waals surface area contributed by atoms with Crippen molar-refractivity contribution in [3.8, 4) is 0 Å². The first-order chi connectivity index (χ1) is 65.8. The van der Waals surface area contributed by atoms with Crippen LogP contribution in [0.3, 0.4) is 0 Å². The number of aromatic nitrogens is 3. The van der Waals surface area contributed by atoms with Crippen LogP contribution in [0, 0.1) is 18.8 Å². The molecule has 0 radical (unpaired) electrons. The molecule has 3 saturated heterocycles. The zero-order valence-corrected chi connectivity index (χ0v) is 98.0. The number of piperidine rings is 3. The van der Waals surface area contributed by atoms with E-state index < -0.39 is 79.3 Å². The van der Waals surface area contributed by atoms with Crippen LogP contribution in [0.15, 0.2) is 196 Å². The first-order valence-corrected chi connectivity index (χ1v) is 61.2. The number of sulfonamides is 2. The number of ether oxygens (including phenoxy) is 1. The maximum Gasteiger partial charge on any atom is 1.00 e. The minimum atomic E-state index is -4.04. The van der Waals surface area contributed by atoms with Gasteiger partial charge >= 0.3 is 220 Å². The Kier molecular flexibility index (Phi) is 50.2. The summed E-state index contributed by atoms with van der Waals surface area (Å²) < 4.78 is 55.7. The molecule has 0 bridgehead atoms. The number of carboxylic acid groups (broad SMARTS) is 2. The van der Waals surface area contributed by atoms with Crippen molar-refractivity contribution in [2.75, 3.05) is 52.4 Å². The summed E-state index contributed by atoms with van der Waals surface area (Å²) in [4.78, 5) is 155. The molecule has 2 atom stereocenters. The molecule has 16 N–H and O–H groups in total. The number of aliphatic imine (C=N–C) groups is 1. The maximum absolute atomic E-state index is 12.8. The fourth-order valence-corrected chi connectivity index (χ4v) is 23.1. The summed E-state index contributed by atoms with van der Waals surface area (Å²) in [5, 5.41) is 49.6. The van der Waals surface area contributed by atoms with Gasteiger partial charge in [-0.2, -0.15) is 0 Å². The van der Waals surface area contributed by atoms with Crippen molar-refractivity contribution in [2.24, 2.45) is 27.1 Å². The fourth-order valence-electron chi connectivity index (χ4n) is 15.6. The average molecular weight is 2470 g/mol. The second-order valence-corrected chi connectivity index (χ2v) is 55.7. The number of amides is 7. The smallest absolute Gasteiger partial charge is 0.870 e. The number of nitrogens with two attached hydrogens (primary N) is 2. The van der Waals surface area contributed by atoms with Crippen molar-refractivity contribution < 1.29 is 198 Å². The van der Waals surface area contributed by atoms with Gasteiger partial charge in [0, 0.05) is 115 Å². The maximum atomic E-state index is 12.8. The van der Waals surface area contributed by atoms with Gasteiger partial charge in [0.05, 0.1) is 40.8 Å². The quantitative estimate of drug-likeness (QED) is 0.0193. The average Bonchev–Trinajstić information content (AvgIpc) is 1.63. The van der Waals surface area contributed by atoms with E-state index in [0.717, 1.165) is 180 Å². The number of carbonyl (C=O) groups excluding carboxylic acids is 11. The molecule has 1 aliphatic carbocycles. The minimum Gasteiger partial charge on any atom is -0.870 e. The van der Waals surface area contributed by atoms with Gasteiger partial charge < -0.3 is 67.1 Å². The van der Waals surface area contributed by atoms with Crippen molar-refractivity contribution in [1.29, 1.82) is 0 Å². The van der Waals surface area contributed by atoms with Crippen LogP contribution >= 0.6 is 98.5 Å². The van der Waals surface area contributed by atoms with Crippen LogP contribution in [0.5, 0.6) is 0 Å². The molecule has 2 unspecified atom stereocenters. The Morgan fingerprint density at radius 1 is 0.524 bits per heavy atom. The van der Waals surface area contributed by atoms with E-state index in [0.29, 0.717) is 74.7 Å². The SMILES string of the molecule is C.CC(=O)O.CCOC(=O)C1CCCNC1=O.Cc1cccc(Br)c1.NS(=O)(=O)c1cc(C(=O)Cl)ccc1Cl.NS(=O)(=O)c1cc(C(=O)c2ccc3c(c2)CC2=C3CCNC2=O)ccc1Cl.O=C([O-])C1CCCNC1=O.O=C1NCCCC1=NCc1cccc(Br)c1.O=C1NCCc2c1[nH]c1cc(Br)ccc21.O=C1NCCc2c1[nH]c1cccc(Br)c21.[CH3][Sn]([CH3])([CH3])[c]1ccc2c3c([nH]c2c1)C(=O)NCC3.[K+].[K+].[OH-]. The normalized spacial score (nSPS) is 15.8.